The van der Waals surface area contributed by atoms with Gasteiger partial charge in [0, 0.05) is 65.3 Å². The predicted molar refractivity (Wildman–Crippen MR) is 104 cm³/mol. The molecule has 0 unspecified atom stereocenters. The summed E-state index contributed by atoms with van der Waals surface area (Å²) in [5.74, 6) is 0.438. The fourth-order valence-corrected chi connectivity index (χ4v) is 3.91. The molecule has 9 heteroatoms. The van der Waals surface area contributed by atoms with Crippen molar-refractivity contribution in [3.8, 4) is 0 Å². The van der Waals surface area contributed by atoms with Crippen molar-refractivity contribution >= 4 is 17.7 Å². The summed E-state index contributed by atoms with van der Waals surface area (Å²) >= 11 is 0. The van der Waals surface area contributed by atoms with Gasteiger partial charge in [0.05, 0.1) is 26.3 Å². The highest BCUT2D eigenvalue weighted by molar-refractivity contribution is 5.79. The van der Waals surface area contributed by atoms with Gasteiger partial charge >= 0.3 is 0 Å². The Morgan fingerprint density at radius 1 is 0.929 bits per heavy atom. The van der Waals surface area contributed by atoms with E-state index < -0.39 is 0 Å². The summed E-state index contributed by atoms with van der Waals surface area (Å²) < 4.78 is 5.29. The topological polar surface area (TPSA) is 85.4 Å². The van der Waals surface area contributed by atoms with E-state index in [1.165, 1.54) is 0 Å². The number of hydrogen-bond donors (Lipinski definition) is 1. The average molecular weight is 396 g/mol. The Kier molecular flexibility index (Phi) is 8.05. The number of piperazine rings is 1. The van der Waals surface area contributed by atoms with E-state index in [1.807, 2.05) is 9.80 Å². The van der Waals surface area contributed by atoms with Crippen molar-refractivity contribution < 1.29 is 19.1 Å². The second kappa shape index (κ2) is 10.7. The molecule has 3 aliphatic rings. The Morgan fingerprint density at radius 3 is 2.25 bits per heavy atom. The normalized spacial score (nSPS) is 21.9. The molecule has 0 radical (unpaired) electrons. The highest BCUT2D eigenvalue weighted by Crippen LogP contribution is 2.09. The van der Waals surface area contributed by atoms with Crippen LogP contribution in [0.5, 0.6) is 0 Å². The van der Waals surface area contributed by atoms with Gasteiger partial charge < -0.3 is 19.9 Å². The molecule has 3 saturated heterocycles. The second-order valence-electron chi connectivity index (χ2n) is 7.73. The number of rotatable bonds is 8. The predicted octanol–water partition coefficient (Wildman–Crippen LogP) is -1.41. The molecule has 3 fully saturated rings. The highest BCUT2D eigenvalue weighted by atomic mass is 16.5. The van der Waals surface area contributed by atoms with Gasteiger partial charge in [-0.3, -0.25) is 24.2 Å². The van der Waals surface area contributed by atoms with E-state index in [0.29, 0.717) is 52.4 Å². The van der Waals surface area contributed by atoms with Crippen molar-refractivity contribution in [1.82, 2.24) is 24.9 Å². The molecule has 3 rings (SSSR count). The van der Waals surface area contributed by atoms with Gasteiger partial charge in [-0.05, 0) is 12.8 Å². The zero-order valence-electron chi connectivity index (χ0n) is 16.7. The number of carbonyl (C=O) groups excluding carboxylic acids is 3. The van der Waals surface area contributed by atoms with Crippen LogP contribution in [0.25, 0.3) is 0 Å². The van der Waals surface area contributed by atoms with Crippen LogP contribution in [-0.4, -0.2) is 123 Å². The van der Waals surface area contributed by atoms with Crippen LogP contribution in [0.2, 0.25) is 0 Å². The van der Waals surface area contributed by atoms with E-state index in [9.17, 15) is 14.4 Å². The molecule has 0 aliphatic carbocycles. The minimum atomic E-state index is 0.0330. The zero-order chi connectivity index (χ0) is 19.8. The summed E-state index contributed by atoms with van der Waals surface area (Å²) in [6.07, 6.45) is 2.42. The summed E-state index contributed by atoms with van der Waals surface area (Å²) in [6, 6.07) is 0. The fraction of sp³-hybridized carbons (Fsp3) is 0.842. The fourth-order valence-electron chi connectivity index (χ4n) is 3.91. The molecule has 0 aromatic carbocycles. The van der Waals surface area contributed by atoms with E-state index in [-0.39, 0.29) is 17.7 Å². The molecule has 0 spiro atoms. The molecule has 3 aliphatic heterocycles. The number of ether oxygens (including phenoxy) is 1. The minimum absolute atomic E-state index is 0.0330. The molecule has 9 nitrogen and oxygen atoms in total. The molecule has 158 valence electrons. The van der Waals surface area contributed by atoms with Crippen molar-refractivity contribution in [2.75, 3.05) is 85.2 Å². The third-order valence-electron chi connectivity index (χ3n) is 5.65. The van der Waals surface area contributed by atoms with Crippen molar-refractivity contribution in [2.24, 2.45) is 0 Å². The Bertz CT molecular complexity index is 544. The molecular weight excluding hydrogens is 362 g/mol. The summed E-state index contributed by atoms with van der Waals surface area (Å²) in [5, 5.41) is 2.95. The number of likely N-dealkylation sites (tertiary alicyclic amines) is 1. The van der Waals surface area contributed by atoms with Gasteiger partial charge in [-0.25, -0.2) is 0 Å². The van der Waals surface area contributed by atoms with Gasteiger partial charge in [-0.1, -0.05) is 0 Å². The maximum atomic E-state index is 12.3. The number of morpholine rings is 1. The summed E-state index contributed by atoms with van der Waals surface area (Å²) in [4.78, 5) is 44.0. The Morgan fingerprint density at radius 2 is 1.61 bits per heavy atom. The molecule has 3 amide bonds. The molecule has 0 saturated carbocycles. The van der Waals surface area contributed by atoms with Crippen molar-refractivity contribution in [1.29, 1.82) is 0 Å². The smallest absolute Gasteiger partial charge is 0.236 e. The van der Waals surface area contributed by atoms with Crippen molar-refractivity contribution in [3.63, 3.8) is 0 Å². The number of hydrogen-bond acceptors (Lipinski definition) is 6. The zero-order valence-corrected chi connectivity index (χ0v) is 16.7. The lowest BCUT2D eigenvalue weighted by Crippen LogP contribution is -2.53. The highest BCUT2D eigenvalue weighted by Gasteiger charge is 2.24. The number of nitrogens with one attached hydrogen (secondary N) is 1. The van der Waals surface area contributed by atoms with E-state index in [1.54, 1.807) is 0 Å². The average Bonchev–Trinajstić information content (AvgIpc) is 3.12. The third kappa shape index (κ3) is 6.42. The molecule has 0 aromatic rings. The van der Waals surface area contributed by atoms with Gasteiger partial charge in [0.2, 0.25) is 17.7 Å². The first kappa shape index (κ1) is 21.0. The van der Waals surface area contributed by atoms with E-state index in [2.05, 4.69) is 15.1 Å². The number of amides is 3. The first-order valence-corrected chi connectivity index (χ1v) is 10.5. The summed E-state index contributed by atoms with van der Waals surface area (Å²) in [5.41, 5.74) is 0. The van der Waals surface area contributed by atoms with Crippen LogP contribution in [0.3, 0.4) is 0 Å². The Hall–Kier alpha value is -1.71. The SMILES string of the molecule is O=C(CN1CCN(CC(=O)N2CCOCC2)CC1)NCCCN1CCCC1=O. The lowest BCUT2D eigenvalue weighted by Gasteiger charge is -2.35. The van der Waals surface area contributed by atoms with Gasteiger partial charge in [-0.15, -0.1) is 0 Å². The molecule has 3 heterocycles. The summed E-state index contributed by atoms with van der Waals surface area (Å²) in [6.45, 7) is 8.88. The molecule has 1 N–H and O–H groups in total. The van der Waals surface area contributed by atoms with Crippen LogP contribution in [0.1, 0.15) is 19.3 Å². The largest absolute Gasteiger partial charge is 0.378 e. The maximum absolute atomic E-state index is 12.3. The van der Waals surface area contributed by atoms with Gasteiger partial charge in [-0.2, -0.15) is 0 Å². The van der Waals surface area contributed by atoms with Crippen LogP contribution in [0.15, 0.2) is 0 Å². The lowest BCUT2D eigenvalue weighted by molar-refractivity contribution is -0.137. The van der Waals surface area contributed by atoms with Gasteiger partial charge in [0.15, 0.2) is 0 Å². The van der Waals surface area contributed by atoms with Crippen LogP contribution in [0, 0.1) is 0 Å². The lowest BCUT2D eigenvalue weighted by atomic mass is 10.3. The molecule has 0 aromatic heterocycles. The number of carbonyl (C=O) groups is 3. The van der Waals surface area contributed by atoms with Crippen LogP contribution >= 0.6 is 0 Å². The molecule has 0 bridgehead atoms. The van der Waals surface area contributed by atoms with E-state index >= 15 is 0 Å². The minimum Gasteiger partial charge on any atom is -0.378 e. The Labute approximate surface area is 166 Å². The molecule has 0 atom stereocenters. The molecule has 28 heavy (non-hydrogen) atoms. The second-order valence-corrected chi connectivity index (χ2v) is 7.73. The van der Waals surface area contributed by atoms with E-state index in [4.69, 9.17) is 4.74 Å². The quantitative estimate of drug-likeness (QED) is 0.509. The van der Waals surface area contributed by atoms with Gasteiger partial charge in [0.1, 0.15) is 0 Å². The Balaban J connectivity index is 1.25. The standard InChI is InChI=1S/C19H33N5O4/c25-17(20-4-2-6-23-5-1-3-18(23)26)15-21-7-9-22(10-8-21)16-19(27)24-11-13-28-14-12-24/h1-16H2,(H,20,25). The van der Waals surface area contributed by atoms with Crippen LogP contribution < -0.4 is 5.32 Å². The molecular formula is C19H33N5O4. The first-order chi connectivity index (χ1) is 13.6. The van der Waals surface area contributed by atoms with Gasteiger partial charge in [0.25, 0.3) is 0 Å². The van der Waals surface area contributed by atoms with Crippen LogP contribution in [-0.2, 0) is 19.1 Å². The van der Waals surface area contributed by atoms with Crippen molar-refractivity contribution in [3.05, 3.63) is 0 Å². The third-order valence-corrected chi connectivity index (χ3v) is 5.65. The van der Waals surface area contributed by atoms with Crippen molar-refractivity contribution in [2.45, 2.75) is 19.3 Å². The first-order valence-electron chi connectivity index (χ1n) is 10.5. The van der Waals surface area contributed by atoms with E-state index in [0.717, 1.165) is 52.1 Å². The summed E-state index contributed by atoms with van der Waals surface area (Å²) in [7, 11) is 0. The van der Waals surface area contributed by atoms with Crippen LogP contribution in [0.4, 0.5) is 0 Å². The number of nitrogens with zero attached hydrogens (tertiary/aromatic N) is 4. The maximum Gasteiger partial charge on any atom is 0.236 e. The monoisotopic (exact) mass is 395 g/mol.